The van der Waals surface area contributed by atoms with Crippen molar-refractivity contribution in [3.05, 3.63) is 47.7 Å². The monoisotopic (exact) mass is 254 g/mol. The van der Waals surface area contributed by atoms with Crippen LogP contribution in [0.5, 0.6) is 5.75 Å². The maximum atomic E-state index is 5.73. The highest BCUT2D eigenvalue weighted by atomic mass is 16.5. The third-order valence-electron chi connectivity index (χ3n) is 3.31. The summed E-state index contributed by atoms with van der Waals surface area (Å²) in [7, 11) is 4.12. The number of aromatic nitrogens is 1. The summed E-state index contributed by atoms with van der Waals surface area (Å²) in [6.45, 7) is 1.70. The van der Waals surface area contributed by atoms with E-state index in [9.17, 15) is 0 Å². The van der Waals surface area contributed by atoms with Crippen molar-refractivity contribution in [1.82, 2.24) is 9.88 Å². The molecule has 0 saturated heterocycles. The summed E-state index contributed by atoms with van der Waals surface area (Å²) >= 11 is 0. The largest absolute Gasteiger partial charge is 0.492 e. The average Bonchev–Trinajstić information content (AvgIpc) is 2.87. The van der Waals surface area contributed by atoms with Crippen molar-refractivity contribution in [2.75, 3.05) is 20.7 Å². The number of pyridine rings is 1. The molecule has 19 heavy (non-hydrogen) atoms. The Bertz CT molecular complexity index is 576. The number of rotatable bonds is 3. The van der Waals surface area contributed by atoms with E-state index in [2.05, 4.69) is 54.3 Å². The first-order valence-corrected chi connectivity index (χ1v) is 6.59. The van der Waals surface area contributed by atoms with Crippen LogP contribution in [0.15, 0.2) is 36.5 Å². The molecule has 0 fully saturated rings. The van der Waals surface area contributed by atoms with E-state index in [1.165, 1.54) is 11.1 Å². The molecule has 0 amide bonds. The minimum Gasteiger partial charge on any atom is -0.492 e. The molecule has 0 saturated carbocycles. The van der Waals surface area contributed by atoms with Crippen LogP contribution in [0.4, 0.5) is 0 Å². The van der Waals surface area contributed by atoms with Gasteiger partial charge in [-0.2, -0.15) is 0 Å². The molecule has 1 aromatic carbocycles. The van der Waals surface area contributed by atoms with Gasteiger partial charge in [-0.3, -0.25) is 4.98 Å². The molecule has 3 rings (SSSR count). The molecular weight excluding hydrogens is 236 g/mol. The summed E-state index contributed by atoms with van der Waals surface area (Å²) in [5.74, 6) is 1.01. The zero-order valence-corrected chi connectivity index (χ0v) is 11.4. The van der Waals surface area contributed by atoms with Gasteiger partial charge in [0, 0.05) is 24.7 Å². The van der Waals surface area contributed by atoms with E-state index < -0.39 is 0 Å². The van der Waals surface area contributed by atoms with E-state index in [1.807, 2.05) is 6.20 Å². The predicted octanol–water partition coefficient (Wildman–Crippen LogP) is 2.75. The summed E-state index contributed by atoms with van der Waals surface area (Å²) < 4.78 is 5.73. The fourth-order valence-corrected chi connectivity index (χ4v) is 2.46. The van der Waals surface area contributed by atoms with Gasteiger partial charge in [-0.15, -0.1) is 0 Å². The highest BCUT2D eigenvalue weighted by Crippen LogP contribution is 2.35. The van der Waals surface area contributed by atoms with Crippen molar-refractivity contribution in [3.8, 4) is 17.0 Å². The van der Waals surface area contributed by atoms with Gasteiger partial charge in [-0.1, -0.05) is 18.2 Å². The molecule has 3 nitrogen and oxygen atoms in total. The minimum absolute atomic E-state index is 0.783. The summed E-state index contributed by atoms with van der Waals surface area (Å²) in [6.07, 6.45) is 2.95. The lowest BCUT2D eigenvalue weighted by molar-refractivity contribution is 0.358. The number of ether oxygens (including phenoxy) is 1. The van der Waals surface area contributed by atoms with E-state index in [0.717, 1.165) is 36.6 Å². The van der Waals surface area contributed by atoms with Crippen LogP contribution in [-0.4, -0.2) is 30.6 Å². The second-order valence-corrected chi connectivity index (χ2v) is 5.18. The van der Waals surface area contributed by atoms with Gasteiger partial charge in [0.15, 0.2) is 0 Å². The molecule has 98 valence electrons. The zero-order valence-electron chi connectivity index (χ0n) is 11.4. The van der Waals surface area contributed by atoms with E-state index in [4.69, 9.17) is 4.74 Å². The smallest absolute Gasteiger partial charge is 0.132 e. The van der Waals surface area contributed by atoms with Gasteiger partial charge in [-0.25, -0.2) is 0 Å². The standard InChI is InChI=1S/C16H18N2O/c1-18(2)11-12-6-7-15(17-10-12)14-5-3-4-13-8-9-19-16(13)14/h3-7,10H,8-9,11H2,1-2H3. The number of nitrogens with zero attached hydrogens (tertiary/aromatic N) is 2. The molecule has 0 unspecified atom stereocenters. The molecule has 1 aromatic heterocycles. The van der Waals surface area contributed by atoms with Crippen LogP contribution in [0.1, 0.15) is 11.1 Å². The van der Waals surface area contributed by atoms with E-state index >= 15 is 0 Å². The number of fused-ring (bicyclic) bond motifs is 1. The molecule has 0 radical (unpaired) electrons. The first kappa shape index (κ1) is 12.2. The quantitative estimate of drug-likeness (QED) is 0.842. The van der Waals surface area contributed by atoms with Crippen molar-refractivity contribution in [1.29, 1.82) is 0 Å². The predicted molar refractivity (Wildman–Crippen MR) is 76.3 cm³/mol. The molecule has 0 atom stereocenters. The van der Waals surface area contributed by atoms with Gasteiger partial charge in [-0.05, 0) is 37.4 Å². The van der Waals surface area contributed by atoms with Crippen molar-refractivity contribution < 1.29 is 4.74 Å². The Morgan fingerprint density at radius 3 is 2.84 bits per heavy atom. The van der Waals surface area contributed by atoms with Crippen LogP contribution in [0.25, 0.3) is 11.3 Å². The Morgan fingerprint density at radius 1 is 1.21 bits per heavy atom. The fraction of sp³-hybridized carbons (Fsp3) is 0.312. The Morgan fingerprint density at radius 2 is 2.11 bits per heavy atom. The number of para-hydroxylation sites is 1. The lowest BCUT2D eigenvalue weighted by atomic mass is 10.0. The van der Waals surface area contributed by atoms with Crippen LogP contribution in [0.2, 0.25) is 0 Å². The van der Waals surface area contributed by atoms with Crippen LogP contribution < -0.4 is 4.74 Å². The Hall–Kier alpha value is -1.87. The molecule has 0 aliphatic carbocycles. The first-order valence-electron chi connectivity index (χ1n) is 6.59. The second kappa shape index (κ2) is 5.02. The number of hydrogen-bond acceptors (Lipinski definition) is 3. The van der Waals surface area contributed by atoms with Crippen molar-refractivity contribution in [3.63, 3.8) is 0 Å². The van der Waals surface area contributed by atoms with E-state index in [0.29, 0.717) is 0 Å². The second-order valence-electron chi connectivity index (χ2n) is 5.18. The first-order chi connectivity index (χ1) is 9.24. The topological polar surface area (TPSA) is 25.4 Å². The Labute approximate surface area is 113 Å². The molecule has 0 spiro atoms. The van der Waals surface area contributed by atoms with E-state index in [-0.39, 0.29) is 0 Å². The SMILES string of the molecule is CN(C)Cc1ccc(-c2cccc3c2OCC3)nc1. The summed E-state index contributed by atoms with van der Waals surface area (Å²) in [6, 6.07) is 10.5. The summed E-state index contributed by atoms with van der Waals surface area (Å²) in [4.78, 5) is 6.71. The Balaban J connectivity index is 1.93. The van der Waals surface area contributed by atoms with Gasteiger partial charge in [0.25, 0.3) is 0 Å². The normalized spacial score (nSPS) is 13.4. The summed E-state index contributed by atoms with van der Waals surface area (Å²) in [5, 5.41) is 0. The molecule has 2 aromatic rings. The molecule has 1 aliphatic heterocycles. The maximum Gasteiger partial charge on any atom is 0.132 e. The van der Waals surface area contributed by atoms with Crippen LogP contribution in [-0.2, 0) is 13.0 Å². The molecule has 3 heteroatoms. The minimum atomic E-state index is 0.783. The van der Waals surface area contributed by atoms with Crippen LogP contribution in [0, 0.1) is 0 Å². The third kappa shape index (κ3) is 2.47. The Kier molecular flexibility index (Phi) is 3.22. The molecular formula is C16H18N2O. The lowest BCUT2D eigenvalue weighted by Gasteiger charge is -2.11. The highest BCUT2D eigenvalue weighted by molar-refractivity contribution is 5.70. The highest BCUT2D eigenvalue weighted by Gasteiger charge is 2.17. The van der Waals surface area contributed by atoms with Crippen molar-refractivity contribution in [2.45, 2.75) is 13.0 Å². The van der Waals surface area contributed by atoms with Crippen LogP contribution >= 0.6 is 0 Å². The summed E-state index contributed by atoms with van der Waals surface area (Å²) in [5.41, 5.74) is 4.60. The zero-order chi connectivity index (χ0) is 13.2. The molecule has 0 N–H and O–H groups in total. The van der Waals surface area contributed by atoms with Crippen LogP contribution in [0.3, 0.4) is 0 Å². The van der Waals surface area contributed by atoms with Gasteiger partial charge in [0.1, 0.15) is 5.75 Å². The molecule has 1 aliphatic rings. The number of hydrogen-bond donors (Lipinski definition) is 0. The fourth-order valence-electron chi connectivity index (χ4n) is 2.46. The van der Waals surface area contributed by atoms with Crippen molar-refractivity contribution >= 4 is 0 Å². The van der Waals surface area contributed by atoms with E-state index in [1.54, 1.807) is 0 Å². The average molecular weight is 254 g/mol. The van der Waals surface area contributed by atoms with Gasteiger partial charge in [0.05, 0.1) is 12.3 Å². The number of benzene rings is 1. The van der Waals surface area contributed by atoms with Gasteiger partial charge >= 0.3 is 0 Å². The van der Waals surface area contributed by atoms with Gasteiger partial charge in [0.2, 0.25) is 0 Å². The lowest BCUT2D eigenvalue weighted by Crippen LogP contribution is -2.10. The van der Waals surface area contributed by atoms with Gasteiger partial charge < -0.3 is 9.64 Å². The van der Waals surface area contributed by atoms with Crippen molar-refractivity contribution in [2.24, 2.45) is 0 Å². The maximum absolute atomic E-state index is 5.73. The third-order valence-corrected chi connectivity index (χ3v) is 3.31. The molecule has 0 bridgehead atoms. The molecule has 2 heterocycles.